The van der Waals surface area contributed by atoms with Crippen LogP contribution in [0.3, 0.4) is 0 Å². The van der Waals surface area contributed by atoms with Gasteiger partial charge in [-0.05, 0) is 0 Å². The van der Waals surface area contributed by atoms with Crippen LogP contribution in [-0.2, 0) is 23.7 Å². The molecule has 0 aliphatic heterocycles. The van der Waals surface area contributed by atoms with Gasteiger partial charge in [0.2, 0.25) is 0 Å². The van der Waals surface area contributed by atoms with E-state index in [-0.39, 0.29) is 13.2 Å². The average Bonchev–Trinajstić information content (AvgIpc) is 2.26. The summed E-state index contributed by atoms with van der Waals surface area (Å²) < 4.78 is 19.8. The number of rotatable bonds is 11. The van der Waals surface area contributed by atoms with Crippen LogP contribution in [-0.4, -0.2) is 64.9 Å². The van der Waals surface area contributed by atoms with Crippen LogP contribution in [0.25, 0.3) is 0 Å². The fraction of sp³-hybridized carbons (Fsp3) is 0.900. The van der Waals surface area contributed by atoms with Gasteiger partial charge in [-0.15, -0.1) is 0 Å². The van der Waals surface area contributed by atoms with E-state index in [2.05, 4.69) is 0 Å². The van der Waals surface area contributed by atoms with Crippen molar-refractivity contribution in [1.29, 1.82) is 0 Å². The van der Waals surface area contributed by atoms with Gasteiger partial charge in [-0.3, -0.25) is 4.79 Å². The van der Waals surface area contributed by atoms with Crippen LogP contribution >= 0.6 is 0 Å². The van der Waals surface area contributed by atoms with E-state index in [0.29, 0.717) is 26.4 Å². The summed E-state index contributed by atoms with van der Waals surface area (Å²) in [7, 11) is 3.12. The molecule has 0 heterocycles. The van der Waals surface area contributed by atoms with Crippen LogP contribution in [0.2, 0.25) is 0 Å². The van der Waals surface area contributed by atoms with Gasteiger partial charge in [-0.2, -0.15) is 0 Å². The van der Waals surface area contributed by atoms with Gasteiger partial charge in [0.25, 0.3) is 0 Å². The van der Waals surface area contributed by atoms with Gasteiger partial charge in [0, 0.05) is 14.2 Å². The Morgan fingerprint density at radius 3 is 1.75 bits per heavy atom. The Morgan fingerprint density at radius 2 is 1.44 bits per heavy atom. The summed E-state index contributed by atoms with van der Waals surface area (Å²) >= 11 is 0. The first kappa shape index (κ1) is 15.3. The highest BCUT2D eigenvalue weighted by Crippen LogP contribution is 1.99. The summed E-state index contributed by atoms with van der Waals surface area (Å²) in [4.78, 5) is 10.8. The third-order valence-electron chi connectivity index (χ3n) is 1.85. The maximum absolute atomic E-state index is 10.8. The van der Waals surface area contributed by atoms with Gasteiger partial charge < -0.3 is 24.1 Å². The lowest BCUT2D eigenvalue weighted by Crippen LogP contribution is -2.26. The van der Waals surface area contributed by atoms with Crippen molar-refractivity contribution in [3.8, 4) is 0 Å². The number of carbonyl (C=O) groups is 1. The minimum absolute atomic E-state index is 0.131. The SMILES string of the molecule is COCCOCC(COCCOC)C(=O)O. The molecule has 0 saturated carbocycles. The van der Waals surface area contributed by atoms with Crippen LogP contribution < -0.4 is 0 Å². The fourth-order valence-corrected chi connectivity index (χ4v) is 0.926. The molecule has 16 heavy (non-hydrogen) atoms. The van der Waals surface area contributed by atoms with Gasteiger partial charge in [-0.1, -0.05) is 0 Å². The Balaban J connectivity index is 3.59. The maximum atomic E-state index is 10.8. The second-order valence-corrected chi connectivity index (χ2v) is 3.17. The zero-order valence-corrected chi connectivity index (χ0v) is 9.81. The number of carboxylic acid groups (broad SMARTS) is 1. The lowest BCUT2D eigenvalue weighted by atomic mass is 10.2. The van der Waals surface area contributed by atoms with Crippen LogP contribution in [0.4, 0.5) is 0 Å². The Kier molecular flexibility index (Phi) is 10.3. The highest BCUT2D eigenvalue weighted by atomic mass is 16.5. The summed E-state index contributed by atoms with van der Waals surface area (Å²) in [6.07, 6.45) is 0. The predicted octanol–water partition coefficient (Wildman–Crippen LogP) is 0.0132. The summed E-state index contributed by atoms with van der Waals surface area (Å²) in [5, 5.41) is 8.86. The zero-order chi connectivity index (χ0) is 12.2. The molecule has 0 aliphatic rings. The molecule has 0 fully saturated rings. The van der Waals surface area contributed by atoms with Crippen molar-refractivity contribution in [1.82, 2.24) is 0 Å². The molecule has 96 valence electrons. The topological polar surface area (TPSA) is 74.2 Å². The molecule has 6 heteroatoms. The van der Waals surface area contributed by atoms with Crippen LogP contribution in [0.5, 0.6) is 0 Å². The van der Waals surface area contributed by atoms with Crippen molar-refractivity contribution in [2.75, 3.05) is 53.9 Å². The molecule has 0 aromatic heterocycles. The maximum Gasteiger partial charge on any atom is 0.311 e. The Bertz CT molecular complexity index is 161. The molecule has 0 unspecified atom stereocenters. The van der Waals surface area contributed by atoms with Crippen molar-refractivity contribution in [2.45, 2.75) is 0 Å². The van der Waals surface area contributed by atoms with E-state index in [1.54, 1.807) is 14.2 Å². The molecule has 6 nitrogen and oxygen atoms in total. The van der Waals surface area contributed by atoms with E-state index >= 15 is 0 Å². The first-order valence-corrected chi connectivity index (χ1v) is 5.08. The number of hydrogen-bond acceptors (Lipinski definition) is 5. The molecular weight excluding hydrogens is 216 g/mol. The van der Waals surface area contributed by atoms with E-state index in [0.717, 1.165) is 0 Å². The number of ether oxygens (including phenoxy) is 4. The van der Waals surface area contributed by atoms with Crippen LogP contribution in [0.15, 0.2) is 0 Å². The molecular formula is C10H20O6. The Hall–Kier alpha value is -0.690. The average molecular weight is 236 g/mol. The van der Waals surface area contributed by atoms with E-state index in [1.165, 1.54) is 0 Å². The smallest absolute Gasteiger partial charge is 0.311 e. The van der Waals surface area contributed by atoms with Crippen molar-refractivity contribution in [2.24, 2.45) is 5.92 Å². The summed E-state index contributed by atoms with van der Waals surface area (Å²) in [6, 6.07) is 0. The lowest BCUT2D eigenvalue weighted by molar-refractivity contribution is -0.147. The highest BCUT2D eigenvalue weighted by Gasteiger charge is 2.17. The molecule has 0 amide bonds. The quantitative estimate of drug-likeness (QED) is 0.509. The second-order valence-electron chi connectivity index (χ2n) is 3.17. The molecule has 0 aromatic rings. The molecule has 1 N–H and O–H groups in total. The molecule has 0 bridgehead atoms. The van der Waals surface area contributed by atoms with Crippen molar-refractivity contribution in [3.63, 3.8) is 0 Å². The number of aliphatic carboxylic acids is 1. The van der Waals surface area contributed by atoms with Crippen LogP contribution in [0.1, 0.15) is 0 Å². The molecule has 0 atom stereocenters. The predicted molar refractivity (Wildman–Crippen MR) is 56.5 cm³/mol. The molecule has 0 radical (unpaired) electrons. The number of methoxy groups -OCH3 is 2. The molecule has 0 rings (SSSR count). The fourth-order valence-electron chi connectivity index (χ4n) is 0.926. The number of carboxylic acids is 1. The first-order chi connectivity index (χ1) is 7.72. The van der Waals surface area contributed by atoms with Crippen molar-refractivity contribution in [3.05, 3.63) is 0 Å². The normalized spacial score (nSPS) is 10.9. The van der Waals surface area contributed by atoms with E-state index in [4.69, 9.17) is 24.1 Å². The zero-order valence-electron chi connectivity index (χ0n) is 9.81. The lowest BCUT2D eigenvalue weighted by Gasteiger charge is -2.12. The van der Waals surface area contributed by atoms with E-state index in [9.17, 15) is 4.79 Å². The largest absolute Gasteiger partial charge is 0.481 e. The molecule has 0 aromatic carbocycles. The summed E-state index contributed by atoms with van der Waals surface area (Å²) in [5.74, 6) is -1.57. The van der Waals surface area contributed by atoms with Crippen molar-refractivity contribution >= 4 is 5.97 Å². The Morgan fingerprint density at radius 1 is 1.00 bits per heavy atom. The van der Waals surface area contributed by atoms with Crippen LogP contribution in [0, 0.1) is 5.92 Å². The van der Waals surface area contributed by atoms with Gasteiger partial charge in [-0.25, -0.2) is 0 Å². The minimum atomic E-state index is -0.921. The van der Waals surface area contributed by atoms with Gasteiger partial charge >= 0.3 is 5.97 Å². The third kappa shape index (κ3) is 8.60. The van der Waals surface area contributed by atoms with Gasteiger partial charge in [0.1, 0.15) is 5.92 Å². The van der Waals surface area contributed by atoms with E-state index < -0.39 is 11.9 Å². The van der Waals surface area contributed by atoms with E-state index in [1.807, 2.05) is 0 Å². The highest BCUT2D eigenvalue weighted by molar-refractivity contribution is 5.70. The standard InChI is InChI=1S/C10H20O6/c1-13-3-5-15-7-9(10(11)12)8-16-6-4-14-2/h9H,3-8H2,1-2H3,(H,11,12). The van der Waals surface area contributed by atoms with Crippen molar-refractivity contribution < 1.29 is 28.8 Å². The second kappa shape index (κ2) is 10.8. The van der Waals surface area contributed by atoms with Gasteiger partial charge in [0.15, 0.2) is 0 Å². The molecule has 0 aliphatic carbocycles. The summed E-state index contributed by atoms with van der Waals surface area (Å²) in [6.45, 7) is 1.95. The van der Waals surface area contributed by atoms with Gasteiger partial charge in [0.05, 0.1) is 39.6 Å². The number of hydrogen-bond donors (Lipinski definition) is 1. The molecule has 0 saturated heterocycles. The Labute approximate surface area is 95.4 Å². The molecule has 0 spiro atoms. The minimum Gasteiger partial charge on any atom is -0.481 e. The third-order valence-corrected chi connectivity index (χ3v) is 1.85. The summed E-state index contributed by atoms with van der Waals surface area (Å²) in [5.41, 5.74) is 0. The monoisotopic (exact) mass is 236 g/mol. The first-order valence-electron chi connectivity index (χ1n) is 5.08.